The lowest BCUT2D eigenvalue weighted by Crippen LogP contribution is -2.48. The van der Waals surface area contributed by atoms with E-state index < -0.39 is 0 Å². The van der Waals surface area contributed by atoms with E-state index in [0.717, 1.165) is 45.1 Å². The van der Waals surface area contributed by atoms with Gasteiger partial charge in [0.05, 0.1) is 24.7 Å². The highest BCUT2D eigenvalue weighted by Crippen LogP contribution is 2.13. The molecule has 0 aliphatic carbocycles. The third-order valence-electron chi connectivity index (χ3n) is 11.5. The maximum atomic E-state index is 13.1. The first-order chi connectivity index (χ1) is 27.4. The van der Waals surface area contributed by atoms with Crippen LogP contribution in [0.5, 0.6) is 0 Å². The first kappa shape index (κ1) is 54.4. The van der Waals surface area contributed by atoms with E-state index in [2.05, 4.69) is 57.6 Å². The number of Topliss-reactive ketones (excluding diaryl/α,β-unsaturated/α-hetero) is 1. The summed E-state index contributed by atoms with van der Waals surface area (Å²) in [6.07, 6.45) is 32.8. The zero-order valence-electron chi connectivity index (χ0n) is 37.9. The number of carbonyl (C=O) groups is 3. The molecule has 10 nitrogen and oxygen atoms in total. The van der Waals surface area contributed by atoms with Crippen LogP contribution in [0.25, 0.3) is 0 Å². The highest BCUT2D eigenvalue weighted by atomic mass is 16.2. The van der Waals surface area contributed by atoms with Crippen molar-refractivity contribution >= 4 is 17.6 Å². The molecule has 0 aliphatic heterocycles. The molecule has 0 spiro atoms. The van der Waals surface area contributed by atoms with Gasteiger partial charge >= 0.3 is 0 Å². The van der Waals surface area contributed by atoms with Crippen molar-refractivity contribution in [2.45, 2.75) is 212 Å². The molecular weight excluding hydrogens is 699 g/mol. The van der Waals surface area contributed by atoms with Crippen LogP contribution in [0.2, 0.25) is 0 Å². The van der Waals surface area contributed by atoms with Gasteiger partial charge in [-0.05, 0) is 40.4 Å². The van der Waals surface area contributed by atoms with E-state index in [1.165, 1.54) is 135 Å². The summed E-state index contributed by atoms with van der Waals surface area (Å²) in [6.45, 7) is 10.9. The number of ketones is 1. The van der Waals surface area contributed by atoms with Crippen LogP contribution in [0.15, 0.2) is 0 Å². The topological polar surface area (TPSA) is 127 Å². The summed E-state index contributed by atoms with van der Waals surface area (Å²) in [4.78, 5) is 41.4. The van der Waals surface area contributed by atoms with E-state index in [9.17, 15) is 14.4 Å². The number of rotatable bonds is 44. The standard InChI is InChI=1S/C46H95N7O3/c1-7-10-13-16-19-22-25-28-31-41(47-4)44(54)40-50-34-37-53(38-35-51-45(55)42(48-5)32-29-26-23-20-17-14-11-8-2)39-36-52-46(56)43(49-6)33-30-27-24-21-18-15-12-9-3/h41-43,47-50H,7-40H2,1-6H3,(H,51,55)(H,52,56). The SMILES string of the molecule is CCCCCCCCCCC(NC)C(=O)CNCCN(CCNC(=O)C(CCCCCCCCCC)NC)CCNC(=O)C(CCCCCCCCCC)NC. The average Bonchev–Trinajstić information content (AvgIpc) is 3.20. The van der Waals surface area contributed by atoms with Crippen molar-refractivity contribution in [3.63, 3.8) is 0 Å². The zero-order chi connectivity index (χ0) is 41.3. The van der Waals surface area contributed by atoms with Gasteiger partial charge in [0, 0.05) is 39.3 Å². The molecular formula is C46H95N7O3. The van der Waals surface area contributed by atoms with Gasteiger partial charge in [-0.2, -0.15) is 0 Å². The number of nitrogens with one attached hydrogen (secondary N) is 6. The van der Waals surface area contributed by atoms with Crippen molar-refractivity contribution in [3.05, 3.63) is 0 Å². The summed E-state index contributed by atoms with van der Waals surface area (Å²) in [5, 5.41) is 19.4. The number of amides is 2. The van der Waals surface area contributed by atoms with Crippen LogP contribution in [0.4, 0.5) is 0 Å². The monoisotopic (exact) mass is 794 g/mol. The van der Waals surface area contributed by atoms with Gasteiger partial charge in [-0.1, -0.05) is 175 Å². The minimum absolute atomic E-state index is 0.0554. The molecule has 6 N–H and O–H groups in total. The van der Waals surface area contributed by atoms with E-state index in [-0.39, 0.29) is 35.7 Å². The molecule has 0 saturated heterocycles. The van der Waals surface area contributed by atoms with E-state index in [1.54, 1.807) is 0 Å². The van der Waals surface area contributed by atoms with Gasteiger partial charge in [0.2, 0.25) is 11.8 Å². The average molecular weight is 794 g/mol. The summed E-state index contributed by atoms with van der Waals surface area (Å²) in [6, 6.07) is -0.470. The molecule has 0 aromatic carbocycles. The Morgan fingerprint density at radius 2 is 0.714 bits per heavy atom. The maximum absolute atomic E-state index is 13.1. The van der Waals surface area contributed by atoms with Crippen molar-refractivity contribution in [2.24, 2.45) is 0 Å². The summed E-state index contributed by atoms with van der Waals surface area (Å²) in [5.74, 6) is 0.324. The predicted molar refractivity (Wildman–Crippen MR) is 241 cm³/mol. The largest absolute Gasteiger partial charge is 0.353 e. The normalized spacial score (nSPS) is 13.2. The number of nitrogens with zero attached hydrogens (tertiary/aromatic N) is 1. The second-order valence-electron chi connectivity index (χ2n) is 16.4. The fraction of sp³-hybridized carbons (Fsp3) is 0.935. The molecule has 0 aromatic rings. The first-order valence-electron chi connectivity index (χ1n) is 23.9. The van der Waals surface area contributed by atoms with Crippen LogP contribution in [-0.2, 0) is 14.4 Å². The second kappa shape index (κ2) is 41.6. The molecule has 3 atom stereocenters. The number of hydrogen-bond donors (Lipinski definition) is 6. The molecule has 3 unspecified atom stereocenters. The Balaban J connectivity index is 4.86. The molecule has 0 heterocycles. The zero-order valence-corrected chi connectivity index (χ0v) is 37.9. The molecule has 0 fully saturated rings. The molecule has 332 valence electrons. The second-order valence-corrected chi connectivity index (χ2v) is 16.4. The molecule has 56 heavy (non-hydrogen) atoms. The lowest BCUT2D eigenvalue weighted by molar-refractivity contribution is -0.123. The molecule has 0 bridgehead atoms. The van der Waals surface area contributed by atoms with E-state index in [1.807, 2.05) is 21.1 Å². The smallest absolute Gasteiger partial charge is 0.237 e. The van der Waals surface area contributed by atoms with Gasteiger partial charge in [0.1, 0.15) is 0 Å². The van der Waals surface area contributed by atoms with Gasteiger partial charge in [0.15, 0.2) is 5.78 Å². The Morgan fingerprint density at radius 3 is 1.05 bits per heavy atom. The Hall–Kier alpha value is -1.59. The molecule has 0 saturated carbocycles. The summed E-state index contributed by atoms with van der Waals surface area (Å²) in [7, 11) is 5.64. The number of carbonyl (C=O) groups excluding carboxylic acids is 3. The van der Waals surface area contributed by atoms with Crippen molar-refractivity contribution in [1.29, 1.82) is 0 Å². The molecule has 2 amide bonds. The third kappa shape index (κ3) is 32.4. The lowest BCUT2D eigenvalue weighted by Gasteiger charge is -2.24. The van der Waals surface area contributed by atoms with Crippen molar-refractivity contribution in [2.75, 3.05) is 67.0 Å². The fourth-order valence-electron chi connectivity index (χ4n) is 7.55. The third-order valence-corrected chi connectivity index (χ3v) is 11.5. The predicted octanol–water partition coefficient (Wildman–Crippen LogP) is 8.04. The van der Waals surface area contributed by atoms with Crippen LogP contribution in [0.3, 0.4) is 0 Å². The molecule has 0 rings (SSSR count). The highest BCUT2D eigenvalue weighted by molar-refractivity contribution is 5.85. The van der Waals surface area contributed by atoms with Crippen molar-refractivity contribution < 1.29 is 14.4 Å². The first-order valence-corrected chi connectivity index (χ1v) is 23.9. The van der Waals surface area contributed by atoms with Crippen molar-refractivity contribution in [3.8, 4) is 0 Å². The number of hydrogen-bond acceptors (Lipinski definition) is 8. The van der Waals surface area contributed by atoms with Crippen molar-refractivity contribution in [1.82, 2.24) is 36.8 Å². The van der Waals surface area contributed by atoms with E-state index in [4.69, 9.17) is 0 Å². The van der Waals surface area contributed by atoms with Gasteiger partial charge in [0.25, 0.3) is 0 Å². The van der Waals surface area contributed by atoms with Gasteiger partial charge in [-0.25, -0.2) is 0 Å². The number of unbranched alkanes of at least 4 members (excludes halogenated alkanes) is 21. The molecule has 0 aromatic heterocycles. The minimum atomic E-state index is -0.180. The summed E-state index contributed by atoms with van der Waals surface area (Å²) < 4.78 is 0. The van der Waals surface area contributed by atoms with Gasteiger partial charge in [-0.15, -0.1) is 0 Å². The quantitative estimate of drug-likeness (QED) is 0.0343. The minimum Gasteiger partial charge on any atom is -0.353 e. The van der Waals surface area contributed by atoms with Crippen LogP contribution in [-0.4, -0.2) is 108 Å². The van der Waals surface area contributed by atoms with Crippen LogP contribution < -0.4 is 31.9 Å². The van der Waals surface area contributed by atoms with E-state index >= 15 is 0 Å². The van der Waals surface area contributed by atoms with Crippen LogP contribution in [0, 0.1) is 0 Å². The number of likely N-dealkylation sites (N-methyl/N-ethyl adjacent to an activating group) is 3. The van der Waals surface area contributed by atoms with Gasteiger partial charge in [-0.3, -0.25) is 19.3 Å². The Bertz CT molecular complexity index is 847. The molecule has 0 radical (unpaired) electrons. The van der Waals surface area contributed by atoms with Crippen LogP contribution in [0.1, 0.15) is 194 Å². The highest BCUT2D eigenvalue weighted by Gasteiger charge is 2.19. The lowest BCUT2D eigenvalue weighted by atomic mass is 10.0. The Labute approximate surface area is 347 Å². The Morgan fingerprint density at radius 1 is 0.411 bits per heavy atom. The maximum Gasteiger partial charge on any atom is 0.237 e. The summed E-state index contributed by atoms with van der Waals surface area (Å²) >= 11 is 0. The van der Waals surface area contributed by atoms with Crippen LogP contribution >= 0.6 is 0 Å². The molecule has 0 aliphatic rings. The molecule has 10 heteroatoms. The fourth-order valence-corrected chi connectivity index (χ4v) is 7.55. The summed E-state index contributed by atoms with van der Waals surface area (Å²) in [5.41, 5.74) is 0. The Kier molecular flexibility index (Phi) is 40.4. The van der Waals surface area contributed by atoms with E-state index in [0.29, 0.717) is 39.3 Å². The van der Waals surface area contributed by atoms with Gasteiger partial charge < -0.3 is 31.9 Å².